The molecule has 4 amide bonds. The quantitative estimate of drug-likeness (QED) is 0.457. The third-order valence-corrected chi connectivity index (χ3v) is 6.35. The fourth-order valence-corrected chi connectivity index (χ4v) is 4.31. The van der Waals surface area contributed by atoms with E-state index < -0.39 is 29.9 Å². The van der Waals surface area contributed by atoms with Crippen LogP contribution in [0.1, 0.15) is 81.4 Å². The number of fused-ring (bicyclic) bond motifs is 2. The van der Waals surface area contributed by atoms with Crippen LogP contribution < -0.4 is 21.3 Å². The van der Waals surface area contributed by atoms with Crippen LogP contribution in [0.25, 0.3) is 0 Å². The molecule has 2 heterocycles. The van der Waals surface area contributed by atoms with Gasteiger partial charge in [0.05, 0.1) is 0 Å². The zero-order chi connectivity index (χ0) is 27.7. The van der Waals surface area contributed by atoms with E-state index in [0.717, 1.165) is 5.56 Å². The lowest BCUT2D eigenvalue weighted by Gasteiger charge is -2.27. The monoisotopic (exact) mass is 525 g/mol. The van der Waals surface area contributed by atoms with E-state index in [1.165, 1.54) is 6.26 Å². The van der Waals surface area contributed by atoms with Crippen LogP contribution >= 0.6 is 0 Å². The number of benzene rings is 1. The summed E-state index contributed by atoms with van der Waals surface area (Å²) in [4.78, 5) is 56.3. The van der Waals surface area contributed by atoms with Gasteiger partial charge in [-0.3, -0.25) is 19.2 Å². The van der Waals surface area contributed by atoms with Crippen LogP contribution in [0.3, 0.4) is 0 Å². The van der Waals surface area contributed by atoms with Crippen molar-refractivity contribution in [3.63, 3.8) is 0 Å². The highest BCUT2D eigenvalue weighted by atomic mass is 16.3. The summed E-state index contributed by atoms with van der Waals surface area (Å²) in [7, 11) is 0. The minimum atomic E-state index is -0.851. The van der Waals surface area contributed by atoms with Crippen molar-refractivity contribution in [2.75, 3.05) is 6.54 Å². The molecule has 2 bridgehead atoms. The van der Waals surface area contributed by atoms with E-state index in [9.17, 15) is 19.2 Å². The Morgan fingerprint density at radius 1 is 1.05 bits per heavy atom. The molecular weight excluding hydrogens is 486 g/mol. The molecule has 38 heavy (non-hydrogen) atoms. The highest BCUT2D eigenvalue weighted by Gasteiger charge is 2.31. The van der Waals surface area contributed by atoms with Crippen molar-refractivity contribution < 1.29 is 23.6 Å². The molecule has 0 spiro atoms. The number of aromatic nitrogens is 1. The Labute approximate surface area is 223 Å². The van der Waals surface area contributed by atoms with Gasteiger partial charge in [0.2, 0.25) is 23.6 Å². The van der Waals surface area contributed by atoms with Gasteiger partial charge in [-0.05, 0) is 36.7 Å². The lowest BCUT2D eigenvalue weighted by atomic mass is 10.00. The molecule has 0 radical (unpaired) electrons. The summed E-state index contributed by atoms with van der Waals surface area (Å²) in [5.74, 6) is -1.29. The Bertz CT molecular complexity index is 1100. The molecule has 0 unspecified atom stereocenters. The number of carbonyl (C=O) groups excluding carboxylic acids is 4. The average molecular weight is 526 g/mol. The topological polar surface area (TPSA) is 142 Å². The molecule has 10 nitrogen and oxygen atoms in total. The summed E-state index contributed by atoms with van der Waals surface area (Å²) in [6.45, 7) is 7.93. The number of hydrogen-bond acceptors (Lipinski definition) is 6. The Kier molecular flexibility index (Phi) is 10.4. The highest BCUT2D eigenvalue weighted by molar-refractivity contribution is 5.93. The highest BCUT2D eigenvalue weighted by Crippen LogP contribution is 2.20. The van der Waals surface area contributed by atoms with Gasteiger partial charge in [0.15, 0.2) is 5.69 Å². The number of rotatable bonds is 6. The number of amides is 4. The largest absolute Gasteiger partial charge is 0.446 e. The fraction of sp³-hybridized carbons (Fsp3) is 0.536. The lowest BCUT2D eigenvalue weighted by Crippen LogP contribution is -2.56. The van der Waals surface area contributed by atoms with Gasteiger partial charge in [-0.1, -0.05) is 58.0 Å². The number of nitrogens with zero attached hydrogens (tertiary/aromatic N) is 1. The molecule has 0 saturated carbocycles. The van der Waals surface area contributed by atoms with Crippen LogP contribution in [-0.2, 0) is 20.8 Å². The minimum absolute atomic E-state index is 0.131. The Balaban J connectivity index is 1.89. The van der Waals surface area contributed by atoms with Crippen molar-refractivity contribution in [3.8, 4) is 0 Å². The second-order valence-electron chi connectivity index (χ2n) is 10.5. The van der Waals surface area contributed by atoms with Crippen molar-refractivity contribution >= 4 is 23.6 Å². The van der Waals surface area contributed by atoms with E-state index in [1.54, 1.807) is 0 Å². The standard InChI is InChI=1S/C28H39N5O5/c1-17(2)14-23(34)30-20-12-8-9-13-29-25(35)22-16-38-28(32-22)21(15-19-10-6-5-7-11-19)31-27(37)24(18(3)4)33-26(20)36/h5-7,10-11,16-18,20-21,24H,8-9,12-15H2,1-4H3,(H,29,35)(H,30,34)(H,31,37)(H,33,36)/t20-,21+,24-/m0/s1. The summed E-state index contributed by atoms with van der Waals surface area (Å²) in [5, 5.41) is 11.5. The van der Waals surface area contributed by atoms with Gasteiger partial charge < -0.3 is 25.7 Å². The number of nitrogens with one attached hydrogen (secondary N) is 4. The summed E-state index contributed by atoms with van der Waals surface area (Å²) in [6, 6.07) is 7.23. The van der Waals surface area contributed by atoms with E-state index in [1.807, 2.05) is 58.0 Å². The molecule has 1 aliphatic heterocycles. The molecule has 1 aromatic carbocycles. The summed E-state index contributed by atoms with van der Waals surface area (Å²) < 4.78 is 5.63. The molecule has 3 atom stereocenters. The Hall–Kier alpha value is -3.69. The first-order valence-corrected chi connectivity index (χ1v) is 13.3. The van der Waals surface area contributed by atoms with Gasteiger partial charge in [-0.2, -0.15) is 0 Å². The zero-order valence-corrected chi connectivity index (χ0v) is 22.6. The van der Waals surface area contributed by atoms with E-state index in [4.69, 9.17) is 4.42 Å². The SMILES string of the molecule is CC(C)CC(=O)N[C@H]1CCCCNC(=O)c2coc(n2)[C@@H](Cc2ccccc2)NC(=O)[C@H](C(C)C)NC1=O. The molecule has 1 aromatic heterocycles. The van der Waals surface area contributed by atoms with Gasteiger partial charge in [0.1, 0.15) is 24.4 Å². The number of carbonyl (C=O) groups is 4. The third-order valence-electron chi connectivity index (χ3n) is 6.35. The van der Waals surface area contributed by atoms with Gasteiger partial charge in [0.25, 0.3) is 5.91 Å². The molecule has 0 aliphatic carbocycles. The van der Waals surface area contributed by atoms with Crippen LogP contribution in [0, 0.1) is 11.8 Å². The minimum Gasteiger partial charge on any atom is -0.446 e. The smallest absolute Gasteiger partial charge is 0.273 e. The van der Waals surface area contributed by atoms with Gasteiger partial charge >= 0.3 is 0 Å². The molecule has 0 saturated heterocycles. The third kappa shape index (κ3) is 8.43. The van der Waals surface area contributed by atoms with E-state index in [2.05, 4.69) is 26.3 Å². The van der Waals surface area contributed by atoms with Crippen LogP contribution in [-0.4, -0.2) is 47.2 Å². The van der Waals surface area contributed by atoms with Crippen LogP contribution in [0.4, 0.5) is 0 Å². The summed E-state index contributed by atoms with van der Waals surface area (Å²) in [5.41, 5.74) is 1.07. The van der Waals surface area contributed by atoms with Crippen molar-refractivity contribution in [1.29, 1.82) is 0 Å². The summed E-state index contributed by atoms with van der Waals surface area (Å²) in [6.07, 6.45) is 3.53. The van der Waals surface area contributed by atoms with E-state index in [0.29, 0.717) is 38.6 Å². The van der Waals surface area contributed by atoms with Crippen LogP contribution in [0.15, 0.2) is 41.0 Å². The van der Waals surface area contributed by atoms with Crippen molar-refractivity contribution in [3.05, 3.63) is 53.7 Å². The molecule has 3 rings (SSSR count). The molecular formula is C28H39N5O5. The summed E-state index contributed by atoms with van der Waals surface area (Å²) >= 11 is 0. The molecule has 0 fully saturated rings. The van der Waals surface area contributed by atoms with Crippen LogP contribution in [0.5, 0.6) is 0 Å². The second-order valence-corrected chi connectivity index (χ2v) is 10.5. The first-order chi connectivity index (χ1) is 18.1. The first-order valence-electron chi connectivity index (χ1n) is 13.3. The van der Waals surface area contributed by atoms with Crippen molar-refractivity contribution in [2.45, 2.75) is 77.9 Å². The molecule has 206 valence electrons. The fourth-order valence-electron chi connectivity index (χ4n) is 4.31. The van der Waals surface area contributed by atoms with E-state index in [-0.39, 0.29) is 35.2 Å². The maximum atomic E-state index is 13.5. The predicted octanol–water partition coefficient (Wildman–Crippen LogP) is 2.66. The van der Waals surface area contributed by atoms with Crippen LogP contribution in [0.2, 0.25) is 0 Å². The maximum Gasteiger partial charge on any atom is 0.273 e. The second kappa shape index (κ2) is 13.7. The molecule has 4 N–H and O–H groups in total. The molecule has 2 aromatic rings. The van der Waals surface area contributed by atoms with Crippen molar-refractivity contribution in [2.24, 2.45) is 11.8 Å². The Morgan fingerprint density at radius 2 is 1.79 bits per heavy atom. The molecule has 10 heteroatoms. The van der Waals surface area contributed by atoms with Gasteiger partial charge in [-0.15, -0.1) is 0 Å². The number of oxazole rings is 1. The predicted molar refractivity (Wildman–Crippen MR) is 142 cm³/mol. The maximum absolute atomic E-state index is 13.5. The van der Waals surface area contributed by atoms with E-state index >= 15 is 0 Å². The van der Waals surface area contributed by atoms with Gasteiger partial charge in [0, 0.05) is 19.4 Å². The Morgan fingerprint density at radius 3 is 2.47 bits per heavy atom. The number of hydrogen-bond donors (Lipinski definition) is 4. The zero-order valence-electron chi connectivity index (χ0n) is 22.6. The normalized spacial score (nSPS) is 21.5. The lowest BCUT2D eigenvalue weighted by molar-refractivity contribution is -0.133. The molecule has 1 aliphatic rings. The first kappa shape index (κ1) is 28.9. The van der Waals surface area contributed by atoms with Gasteiger partial charge in [-0.25, -0.2) is 4.98 Å². The van der Waals surface area contributed by atoms with Crippen molar-refractivity contribution in [1.82, 2.24) is 26.3 Å². The average Bonchev–Trinajstić information content (AvgIpc) is 3.35.